The number of carbonyl (C=O) groups is 2. The van der Waals surface area contributed by atoms with E-state index < -0.39 is 0 Å². The summed E-state index contributed by atoms with van der Waals surface area (Å²) in [4.78, 5) is 25.5. The summed E-state index contributed by atoms with van der Waals surface area (Å²) in [5, 5.41) is 3.79. The van der Waals surface area contributed by atoms with Gasteiger partial charge in [0, 0.05) is 28.3 Å². The van der Waals surface area contributed by atoms with Crippen molar-refractivity contribution in [2.75, 3.05) is 16.8 Å². The number of nitrogens with one attached hydrogen (secondary N) is 1. The first kappa shape index (κ1) is 17.3. The number of hydrogen-bond donors (Lipinski definition) is 1. The molecule has 2 amide bonds. The Hall–Kier alpha value is -2.04. The third kappa shape index (κ3) is 4.47. The van der Waals surface area contributed by atoms with Gasteiger partial charge in [0.25, 0.3) is 0 Å². The van der Waals surface area contributed by atoms with Crippen molar-refractivity contribution in [3.05, 3.63) is 58.1 Å². The number of anilines is 2. The molecule has 0 atom stereocenters. The smallest absolute Gasteiger partial charge is 0.244 e. The van der Waals surface area contributed by atoms with E-state index in [-0.39, 0.29) is 18.4 Å². The van der Waals surface area contributed by atoms with E-state index in [1.807, 2.05) is 6.92 Å². The van der Waals surface area contributed by atoms with Gasteiger partial charge in [-0.15, -0.1) is 0 Å². The number of amides is 2. The number of hydrogen-bond acceptors (Lipinski definition) is 2. The molecule has 2 aromatic rings. The summed E-state index contributed by atoms with van der Waals surface area (Å²) in [6.07, 6.45) is 0. The minimum atomic E-state index is -0.318. The minimum absolute atomic E-state index is 0.108. The molecule has 0 aliphatic carbocycles. The summed E-state index contributed by atoms with van der Waals surface area (Å²) in [5.41, 5.74) is 1.94. The van der Waals surface area contributed by atoms with Gasteiger partial charge in [-0.3, -0.25) is 9.59 Å². The van der Waals surface area contributed by atoms with Gasteiger partial charge in [0.15, 0.2) is 0 Å². The molecule has 2 rings (SSSR count). The third-order valence-corrected chi connectivity index (χ3v) is 3.96. The number of rotatable bonds is 4. The average molecular weight is 351 g/mol. The van der Waals surface area contributed by atoms with E-state index in [0.29, 0.717) is 21.4 Å². The maximum atomic E-state index is 12.2. The van der Waals surface area contributed by atoms with Crippen LogP contribution in [0.15, 0.2) is 42.5 Å². The van der Waals surface area contributed by atoms with Crippen molar-refractivity contribution in [2.24, 2.45) is 0 Å². The van der Waals surface area contributed by atoms with Gasteiger partial charge < -0.3 is 10.2 Å². The van der Waals surface area contributed by atoms with Crippen LogP contribution in [0, 0.1) is 6.92 Å². The van der Waals surface area contributed by atoms with Crippen LogP contribution in [0.25, 0.3) is 0 Å². The van der Waals surface area contributed by atoms with E-state index in [1.165, 1.54) is 11.8 Å². The van der Waals surface area contributed by atoms with Crippen molar-refractivity contribution >= 4 is 46.4 Å². The first-order valence-corrected chi connectivity index (χ1v) is 7.72. The van der Waals surface area contributed by atoms with Gasteiger partial charge in [0.2, 0.25) is 11.8 Å². The van der Waals surface area contributed by atoms with Crippen LogP contribution in [0.5, 0.6) is 0 Å². The van der Waals surface area contributed by atoms with Crippen molar-refractivity contribution in [2.45, 2.75) is 13.8 Å². The van der Waals surface area contributed by atoms with Crippen LogP contribution in [-0.4, -0.2) is 18.4 Å². The second-order valence-corrected chi connectivity index (χ2v) is 5.89. The maximum Gasteiger partial charge on any atom is 0.244 e. The van der Waals surface area contributed by atoms with Gasteiger partial charge in [0.05, 0.1) is 0 Å². The highest BCUT2D eigenvalue weighted by molar-refractivity contribution is 6.32. The predicted octanol–water partition coefficient (Wildman–Crippen LogP) is 4.29. The Morgan fingerprint density at radius 2 is 1.83 bits per heavy atom. The molecule has 1 N–H and O–H groups in total. The molecule has 0 saturated carbocycles. The van der Waals surface area contributed by atoms with E-state index >= 15 is 0 Å². The highest BCUT2D eigenvalue weighted by Gasteiger charge is 2.18. The van der Waals surface area contributed by atoms with Crippen LogP contribution in [0.1, 0.15) is 12.5 Å². The summed E-state index contributed by atoms with van der Waals surface area (Å²) >= 11 is 12.0. The predicted molar refractivity (Wildman–Crippen MR) is 94.3 cm³/mol. The molecular formula is C17H16Cl2N2O2. The van der Waals surface area contributed by atoms with Crippen molar-refractivity contribution in [3.8, 4) is 0 Å². The topological polar surface area (TPSA) is 49.4 Å². The van der Waals surface area contributed by atoms with Gasteiger partial charge in [-0.25, -0.2) is 0 Å². The molecule has 0 radical (unpaired) electrons. The fourth-order valence-electron chi connectivity index (χ4n) is 2.16. The molecule has 0 bridgehead atoms. The first-order valence-electron chi connectivity index (χ1n) is 6.97. The Morgan fingerprint density at radius 3 is 2.48 bits per heavy atom. The quantitative estimate of drug-likeness (QED) is 0.893. The van der Waals surface area contributed by atoms with Crippen LogP contribution in [0.3, 0.4) is 0 Å². The normalized spacial score (nSPS) is 10.3. The number of benzene rings is 2. The van der Waals surface area contributed by atoms with Crippen LogP contribution < -0.4 is 10.2 Å². The first-order chi connectivity index (χ1) is 10.9. The van der Waals surface area contributed by atoms with E-state index in [1.54, 1.807) is 42.5 Å². The van der Waals surface area contributed by atoms with Crippen molar-refractivity contribution in [1.29, 1.82) is 0 Å². The van der Waals surface area contributed by atoms with Gasteiger partial charge in [0.1, 0.15) is 6.54 Å². The molecule has 0 heterocycles. The number of carbonyl (C=O) groups excluding carboxylic acids is 2. The lowest BCUT2D eigenvalue weighted by molar-refractivity contribution is -0.120. The van der Waals surface area contributed by atoms with Gasteiger partial charge in [-0.05, 0) is 42.8 Å². The Morgan fingerprint density at radius 1 is 1.13 bits per heavy atom. The van der Waals surface area contributed by atoms with E-state index in [2.05, 4.69) is 5.32 Å². The van der Waals surface area contributed by atoms with E-state index in [9.17, 15) is 9.59 Å². The SMILES string of the molecule is CC(=O)N(CC(=O)Nc1cccc(Cl)c1)c1cccc(Cl)c1C. The Balaban J connectivity index is 2.18. The Bertz CT molecular complexity index is 747. The molecule has 0 fully saturated rings. The largest absolute Gasteiger partial charge is 0.324 e. The molecule has 4 nitrogen and oxygen atoms in total. The molecule has 0 saturated heterocycles. The van der Waals surface area contributed by atoms with Crippen molar-refractivity contribution in [1.82, 2.24) is 0 Å². The zero-order valence-corrected chi connectivity index (χ0v) is 14.3. The molecule has 23 heavy (non-hydrogen) atoms. The molecule has 6 heteroatoms. The molecule has 0 aromatic heterocycles. The zero-order chi connectivity index (χ0) is 17.0. The Kier molecular flexibility index (Phi) is 5.64. The fraction of sp³-hybridized carbons (Fsp3) is 0.176. The summed E-state index contributed by atoms with van der Waals surface area (Å²) in [5.74, 6) is -0.557. The van der Waals surface area contributed by atoms with Gasteiger partial charge in [-0.2, -0.15) is 0 Å². The second-order valence-electron chi connectivity index (χ2n) is 5.05. The third-order valence-electron chi connectivity index (χ3n) is 3.32. The van der Waals surface area contributed by atoms with E-state index in [4.69, 9.17) is 23.2 Å². The minimum Gasteiger partial charge on any atom is -0.324 e. The molecule has 2 aromatic carbocycles. The molecule has 0 spiro atoms. The lowest BCUT2D eigenvalue weighted by atomic mass is 10.1. The van der Waals surface area contributed by atoms with Crippen LogP contribution >= 0.6 is 23.2 Å². The molecule has 120 valence electrons. The number of nitrogens with zero attached hydrogens (tertiary/aromatic N) is 1. The average Bonchev–Trinajstić information content (AvgIpc) is 2.48. The highest BCUT2D eigenvalue weighted by atomic mass is 35.5. The van der Waals surface area contributed by atoms with Crippen molar-refractivity contribution in [3.63, 3.8) is 0 Å². The lowest BCUT2D eigenvalue weighted by Crippen LogP contribution is -2.37. The van der Waals surface area contributed by atoms with Crippen LogP contribution in [-0.2, 0) is 9.59 Å². The molecular weight excluding hydrogens is 335 g/mol. The van der Waals surface area contributed by atoms with Crippen LogP contribution in [0.4, 0.5) is 11.4 Å². The van der Waals surface area contributed by atoms with E-state index in [0.717, 1.165) is 5.56 Å². The van der Waals surface area contributed by atoms with Gasteiger partial charge >= 0.3 is 0 Å². The monoisotopic (exact) mass is 350 g/mol. The molecule has 0 aliphatic rings. The highest BCUT2D eigenvalue weighted by Crippen LogP contribution is 2.26. The van der Waals surface area contributed by atoms with Gasteiger partial charge in [-0.1, -0.05) is 35.3 Å². The lowest BCUT2D eigenvalue weighted by Gasteiger charge is -2.23. The maximum absolute atomic E-state index is 12.2. The second kappa shape index (κ2) is 7.49. The molecule has 0 unspecified atom stereocenters. The standard InChI is InChI=1S/C17H16Cl2N2O2/c1-11-15(19)7-4-8-16(11)21(12(2)22)10-17(23)20-14-6-3-5-13(18)9-14/h3-9H,10H2,1-2H3,(H,20,23). The van der Waals surface area contributed by atoms with Crippen LogP contribution in [0.2, 0.25) is 10.0 Å². The number of halogens is 2. The fourth-order valence-corrected chi connectivity index (χ4v) is 2.52. The summed E-state index contributed by atoms with van der Waals surface area (Å²) in [6, 6.07) is 12.1. The summed E-state index contributed by atoms with van der Waals surface area (Å²) in [7, 11) is 0. The molecule has 0 aliphatic heterocycles. The Labute approximate surface area is 145 Å². The van der Waals surface area contributed by atoms with Crippen molar-refractivity contribution < 1.29 is 9.59 Å². The summed E-state index contributed by atoms with van der Waals surface area (Å²) < 4.78 is 0. The summed E-state index contributed by atoms with van der Waals surface area (Å²) in [6.45, 7) is 3.11. The zero-order valence-electron chi connectivity index (χ0n) is 12.8.